The molecule has 0 spiro atoms. The van der Waals surface area contributed by atoms with Crippen molar-refractivity contribution >= 4 is 22.7 Å². The number of benzene rings is 1. The fourth-order valence-electron chi connectivity index (χ4n) is 4.01. The summed E-state index contributed by atoms with van der Waals surface area (Å²) >= 11 is 0. The number of hydrogen-bond donors (Lipinski definition) is 4. The van der Waals surface area contributed by atoms with Gasteiger partial charge >= 0.3 is 0 Å². The van der Waals surface area contributed by atoms with Crippen molar-refractivity contribution in [3.05, 3.63) is 46.2 Å². The third-order valence-corrected chi connectivity index (χ3v) is 5.46. The van der Waals surface area contributed by atoms with E-state index >= 15 is 0 Å². The predicted molar refractivity (Wildman–Crippen MR) is 106 cm³/mol. The molecule has 28 heavy (non-hydrogen) atoms. The molecule has 2 unspecified atom stereocenters. The SMILES string of the molecule is CC1CC(=O)NC(N2CCC(NC(=O)c3cc(=O)[nH]c4ccccc34)CC2)N1. The van der Waals surface area contributed by atoms with Gasteiger partial charge in [0.25, 0.3) is 5.91 Å². The number of nitrogens with zero attached hydrogens (tertiary/aromatic N) is 1. The molecule has 3 heterocycles. The van der Waals surface area contributed by atoms with Crippen LogP contribution in [-0.4, -0.2) is 53.2 Å². The van der Waals surface area contributed by atoms with Crippen molar-refractivity contribution in [2.75, 3.05) is 13.1 Å². The first-order chi connectivity index (χ1) is 13.5. The number of likely N-dealkylation sites (tertiary alicyclic amines) is 1. The Bertz CT molecular complexity index is 948. The molecule has 2 aromatic rings. The van der Waals surface area contributed by atoms with Crippen molar-refractivity contribution in [3.63, 3.8) is 0 Å². The zero-order valence-electron chi connectivity index (χ0n) is 15.8. The summed E-state index contributed by atoms with van der Waals surface area (Å²) < 4.78 is 0. The fraction of sp³-hybridized carbons (Fsp3) is 0.450. The molecule has 2 saturated heterocycles. The minimum Gasteiger partial charge on any atom is -0.349 e. The highest BCUT2D eigenvalue weighted by Gasteiger charge is 2.31. The van der Waals surface area contributed by atoms with Crippen LogP contribution in [0.4, 0.5) is 0 Å². The Morgan fingerprint density at radius 1 is 1.18 bits per heavy atom. The minimum absolute atomic E-state index is 0.0403. The lowest BCUT2D eigenvalue weighted by atomic mass is 10.0. The Balaban J connectivity index is 1.40. The lowest BCUT2D eigenvalue weighted by Crippen LogP contribution is -2.65. The van der Waals surface area contributed by atoms with E-state index in [-0.39, 0.29) is 35.7 Å². The van der Waals surface area contributed by atoms with E-state index in [2.05, 4.69) is 25.8 Å². The van der Waals surface area contributed by atoms with Crippen LogP contribution in [0.15, 0.2) is 35.1 Å². The molecule has 1 aromatic carbocycles. The van der Waals surface area contributed by atoms with Gasteiger partial charge in [0, 0.05) is 48.6 Å². The highest BCUT2D eigenvalue weighted by molar-refractivity contribution is 6.06. The average Bonchev–Trinajstić information content (AvgIpc) is 2.67. The van der Waals surface area contributed by atoms with Crippen LogP contribution in [0.2, 0.25) is 0 Å². The molecule has 0 radical (unpaired) electrons. The number of nitrogens with one attached hydrogen (secondary N) is 4. The second kappa shape index (κ2) is 7.73. The summed E-state index contributed by atoms with van der Waals surface area (Å²) in [5.41, 5.74) is 0.770. The molecule has 2 aliphatic rings. The summed E-state index contributed by atoms with van der Waals surface area (Å²) in [5.74, 6) is -0.161. The number of pyridine rings is 1. The maximum Gasteiger partial charge on any atom is 0.252 e. The molecule has 0 bridgehead atoms. The van der Waals surface area contributed by atoms with Crippen LogP contribution in [-0.2, 0) is 4.79 Å². The lowest BCUT2D eigenvalue weighted by molar-refractivity contribution is -0.127. The molecule has 0 aliphatic carbocycles. The third-order valence-electron chi connectivity index (χ3n) is 5.46. The average molecular weight is 383 g/mol. The molecule has 0 saturated carbocycles. The van der Waals surface area contributed by atoms with Gasteiger partial charge in [-0.25, -0.2) is 0 Å². The van der Waals surface area contributed by atoms with Gasteiger partial charge in [-0.15, -0.1) is 0 Å². The Kier molecular flexibility index (Phi) is 5.15. The van der Waals surface area contributed by atoms with E-state index in [9.17, 15) is 14.4 Å². The fourth-order valence-corrected chi connectivity index (χ4v) is 4.01. The van der Waals surface area contributed by atoms with Crippen LogP contribution < -0.4 is 21.5 Å². The highest BCUT2D eigenvalue weighted by Crippen LogP contribution is 2.17. The molecule has 8 nitrogen and oxygen atoms in total. The number of piperidine rings is 1. The van der Waals surface area contributed by atoms with Crippen LogP contribution in [0.1, 0.15) is 36.5 Å². The molecular formula is C20H25N5O3. The highest BCUT2D eigenvalue weighted by atomic mass is 16.2. The molecule has 4 rings (SSSR count). The third kappa shape index (κ3) is 3.93. The van der Waals surface area contributed by atoms with Crippen LogP contribution in [0.25, 0.3) is 10.9 Å². The van der Waals surface area contributed by atoms with E-state index in [1.54, 1.807) is 6.07 Å². The van der Waals surface area contributed by atoms with Gasteiger partial charge in [0.05, 0.1) is 5.56 Å². The van der Waals surface area contributed by atoms with Crippen LogP contribution >= 0.6 is 0 Å². The summed E-state index contributed by atoms with van der Waals surface area (Å²) in [6.45, 7) is 3.54. The molecular weight excluding hydrogens is 358 g/mol. The second-order valence-corrected chi connectivity index (χ2v) is 7.62. The largest absolute Gasteiger partial charge is 0.349 e. The van der Waals surface area contributed by atoms with Crippen LogP contribution in [0.5, 0.6) is 0 Å². The predicted octanol–water partition coefficient (Wildman–Crippen LogP) is 0.504. The van der Waals surface area contributed by atoms with Gasteiger partial charge in [0.1, 0.15) is 6.29 Å². The van der Waals surface area contributed by atoms with Crippen molar-refractivity contribution in [1.29, 1.82) is 0 Å². The van der Waals surface area contributed by atoms with Gasteiger partial charge in [-0.3, -0.25) is 24.6 Å². The normalized spacial score (nSPS) is 24.1. The first-order valence-electron chi connectivity index (χ1n) is 9.72. The Morgan fingerprint density at radius 3 is 2.68 bits per heavy atom. The van der Waals surface area contributed by atoms with Gasteiger partial charge in [-0.1, -0.05) is 18.2 Å². The van der Waals surface area contributed by atoms with Gasteiger partial charge in [0.2, 0.25) is 11.5 Å². The number of carbonyl (C=O) groups is 2. The van der Waals surface area contributed by atoms with Crippen molar-refractivity contribution in [1.82, 2.24) is 25.8 Å². The van der Waals surface area contributed by atoms with E-state index in [1.807, 2.05) is 25.1 Å². The number of fused-ring (bicyclic) bond motifs is 1. The summed E-state index contributed by atoms with van der Waals surface area (Å²) in [5, 5.41) is 10.2. The van der Waals surface area contributed by atoms with Crippen LogP contribution in [0.3, 0.4) is 0 Å². The first-order valence-corrected chi connectivity index (χ1v) is 9.72. The number of aromatic amines is 1. The van der Waals surface area contributed by atoms with E-state index in [0.717, 1.165) is 31.3 Å². The van der Waals surface area contributed by atoms with E-state index in [1.165, 1.54) is 6.07 Å². The molecule has 1 aromatic heterocycles. The van der Waals surface area contributed by atoms with E-state index in [4.69, 9.17) is 0 Å². The number of aromatic nitrogens is 1. The molecule has 2 fully saturated rings. The van der Waals surface area contributed by atoms with Crippen molar-refractivity contribution in [3.8, 4) is 0 Å². The number of H-pyrrole nitrogens is 1. The quantitative estimate of drug-likeness (QED) is 0.618. The number of amides is 2. The Labute approximate surface area is 162 Å². The monoisotopic (exact) mass is 383 g/mol. The van der Waals surface area contributed by atoms with E-state index in [0.29, 0.717) is 17.5 Å². The number of carbonyl (C=O) groups excluding carboxylic acids is 2. The van der Waals surface area contributed by atoms with Gasteiger partial charge in [-0.05, 0) is 25.8 Å². The van der Waals surface area contributed by atoms with Crippen LogP contribution in [0, 0.1) is 0 Å². The molecule has 2 amide bonds. The minimum atomic E-state index is -0.285. The number of rotatable bonds is 3. The first kappa shape index (κ1) is 18.6. The zero-order chi connectivity index (χ0) is 19.7. The summed E-state index contributed by atoms with van der Waals surface area (Å²) in [6.07, 6.45) is 1.92. The Morgan fingerprint density at radius 2 is 1.93 bits per heavy atom. The summed E-state index contributed by atoms with van der Waals surface area (Å²) in [4.78, 5) is 41.4. The number of hydrogen-bond acceptors (Lipinski definition) is 5. The number of para-hydroxylation sites is 1. The van der Waals surface area contributed by atoms with Gasteiger partial charge in [-0.2, -0.15) is 0 Å². The lowest BCUT2D eigenvalue weighted by Gasteiger charge is -2.41. The summed E-state index contributed by atoms with van der Waals surface area (Å²) in [7, 11) is 0. The van der Waals surface area contributed by atoms with E-state index < -0.39 is 0 Å². The summed E-state index contributed by atoms with van der Waals surface area (Å²) in [6, 6.07) is 8.85. The van der Waals surface area contributed by atoms with Crippen molar-refractivity contribution < 1.29 is 9.59 Å². The van der Waals surface area contributed by atoms with Gasteiger partial charge in [0.15, 0.2) is 0 Å². The molecule has 148 valence electrons. The maximum atomic E-state index is 12.8. The van der Waals surface area contributed by atoms with Gasteiger partial charge < -0.3 is 15.6 Å². The standard InChI is InChI=1S/C20H25N5O3/c1-12-10-17(26)24-20(21-12)25-8-6-13(7-9-25)22-19(28)15-11-18(27)23-16-5-3-2-4-14(15)16/h2-5,11-13,20-21H,6-10H2,1H3,(H,22,28)(H,23,27)(H,24,26). The molecule has 8 heteroatoms. The van der Waals surface area contributed by atoms with Crippen molar-refractivity contribution in [2.45, 2.75) is 44.6 Å². The Hall–Kier alpha value is -2.71. The smallest absolute Gasteiger partial charge is 0.252 e. The zero-order valence-corrected chi connectivity index (χ0v) is 15.8. The molecule has 2 aliphatic heterocycles. The molecule has 2 atom stereocenters. The topological polar surface area (TPSA) is 106 Å². The maximum absolute atomic E-state index is 12.8. The second-order valence-electron chi connectivity index (χ2n) is 7.62. The molecule has 4 N–H and O–H groups in total. The van der Waals surface area contributed by atoms with Crippen molar-refractivity contribution in [2.24, 2.45) is 0 Å².